The Balaban J connectivity index is 1.15. The molecule has 1 unspecified atom stereocenters. The van der Waals surface area contributed by atoms with Crippen molar-refractivity contribution in [3.05, 3.63) is 42.5 Å². The summed E-state index contributed by atoms with van der Waals surface area (Å²) >= 11 is 0. The molecular formula is C22H30N6O2. The number of benzene rings is 1. The van der Waals surface area contributed by atoms with E-state index in [1.807, 2.05) is 0 Å². The van der Waals surface area contributed by atoms with E-state index in [0.29, 0.717) is 5.91 Å². The van der Waals surface area contributed by atoms with Gasteiger partial charge in [0.15, 0.2) is 0 Å². The van der Waals surface area contributed by atoms with Gasteiger partial charge in [-0.2, -0.15) is 5.10 Å². The number of aromatic nitrogens is 3. The Kier molecular flexibility index (Phi) is 5.54. The van der Waals surface area contributed by atoms with E-state index in [2.05, 4.69) is 49.0 Å². The molecule has 4 heterocycles. The average molecular weight is 411 g/mol. The smallest absolute Gasteiger partial charge is 0.230 e. The Hall–Kier alpha value is -2.29. The highest BCUT2D eigenvalue weighted by atomic mass is 16.5. The van der Waals surface area contributed by atoms with Crippen LogP contribution < -0.4 is 0 Å². The van der Waals surface area contributed by atoms with Gasteiger partial charge in [-0.05, 0) is 37.1 Å². The Labute approximate surface area is 177 Å². The normalized spacial score (nSPS) is 25.6. The van der Waals surface area contributed by atoms with E-state index in [4.69, 9.17) is 4.74 Å². The summed E-state index contributed by atoms with van der Waals surface area (Å²) in [4.78, 5) is 24.2. The monoisotopic (exact) mass is 410 g/mol. The molecule has 1 amide bonds. The minimum Gasteiger partial charge on any atom is -0.379 e. The van der Waals surface area contributed by atoms with Gasteiger partial charge in [0.2, 0.25) is 5.91 Å². The van der Waals surface area contributed by atoms with Crippen LogP contribution in [0, 0.1) is 5.41 Å². The van der Waals surface area contributed by atoms with Gasteiger partial charge in [-0.15, -0.1) is 0 Å². The van der Waals surface area contributed by atoms with Crippen LogP contribution >= 0.6 is 0 Å². The highest BCUT2D eigenvalue weighted by Crippen LogP contribution is 2.41. The van der Waals surface area contributed by atoms with E-state index < -0.39 is 0 Å². The third-order valence-corrected chi connectivity index (χ3v) is 6.85. The van der Waals surface area contributed by atoms with Crippen LogP contribution in [0.4, 0.5) is 0 Å². The molecule has 160 valence electrons. The van der Waals surface area contributed by atoms with Crippen LogP contribution in [0.2, 0.25) is 0 Å². The van der Waals surface area contributed by atoms with E-state index in [1.165, 1.54) is 5.56 Å². The van der Waals surface area contributed by atoms with Crippen molar-refractivity contribution in [1.29, 1.82) is 0 Å². The number of morpholine rings is 1. The number of hydrogen-bond donors (Lipinski definition) is 0. The maximum Gasteiger partial charge on any atom is 0.230 e. The quantitative estimate of drug-likeness (QED) is 0.709. The van der Waals surface area contributed by atoms with Gasteiger partial charge in [-0.3, -0.25) is 14.6 Å². The van der Waals surface area contributed by atoms with Gasteiger partial charge in [0.1, 0.15) is 12.7 Å². The lowest BCUT2D eigenvalue weighted by Crippen LogP contribution is -2.43. The third-order valence-electron chi connectivity index (χ3n) is 6.85. The van der Waals surface area contributed by atoms with Crippen molar-refractivity contribution in [2.45, 2.75) is 19.4 Å². The molecule has 1 aromatic heterocycles. The minimum absolute atomic E-state index is 0.161. The van der Waals surface area contributed by atoms with E-state index in [9.17, 15) is 4.79 Å². The summed E-state index contributed by atoms with van der Waals surface area (Å²) in [6, 6.07) is 8.44. The van der Waals surface area contributed by atoms with Crippen molar-refractivity contribution in [1.82, 2.24) is 29.5 Å². The molecule has 3 aliphatic rings. The summed E-state index contributed by atoms with van der Waals surface area (Å²) in [7, 11) is 0. The maximum atomic E-state index is 13.2. The second-order valence-corrected chi connectivity index (χ2v) is 8.74. The van der Waals surface area contributed by atoms with Crippen molar-refractivity contribution < 1.29 is 9.53 Å². The number of hydrogen-bond acceptors (Lipinski definition) is 6. The predicted octanol–water partition coefficient (Wildman–Crippen LogP) is 1.02. The molecule has 0 aliphatic carbocycles. The fraction of sp³-hybridized carbons (Fsp3) is 0.591. The molecule has 0 radical (unpaired) electrons. The summed E-state index contributed by atoms with van der Waals surface area (Å²) < 4.78 is 7.18. The molecule has 3 aliphatic heterocycles. The molecule has 0 N–H and O–H groups in total. The van der Waals surface area contributed by atoms with Gasteiger partial charge in [-0.1, -0.05) is 12.1 Å². The van der Waals surface area contributed by atoms with Crippen LogP contribution in [0.25, 0.3) is 5.69 Å². The maximum absolute atomic E-state index is 13.2. The molecule has 3 fully saturated rings. The van der Waals surface area contributed by atoms with Crippen LogP contribution in [0.5, 0.6) is 0 Å². The van der Waals surface area contributed by atoms with Crippen LogP contribution in [0.3, 0.4) is 0 Å². The highest BCUT2D eigenvalue weighted by molar-refractivity contribution is 5.85. The molecule has 1 atom stereocenters. The Morgan fingerprint density at radius 3 is 2.53 bits per heavy atom. The second-order valence-electron chi connectivity index (χ2n) is 8.74. The molecule has 8 nitrogen and oxygen atoms in total. The molecule has 1 aromatic carbocycles. The molecule has 8 heteroatoms. The highest BCUT2D eigenvalue weighted by Gasteiger charge is 2.50. The molecule has 2 aromatic rings. The summed E-state index contributed by atoms with van der Waals surface area (Å²) in [5.41, 5.74) is 2.12. The first-order valence-electron chi connectivity index (χ1n) is 11.0. The van der Waals surface area contributed by atoms with Crippen LogP contribution in [0.15, 0.2) is 36.9 Å². The van der Waals surface area contributed by atoms with Crippen LogP contribution in [-0.4, -0.2) is 94.4 Å². The van der Waals surface area contributed by atoms with E-state index in [0.717, 1.165) is 84.1 Å². The van der Waals surface area contributed by atoms with E-state index in [-0.39, 0.29) is 5.41 Å². The fourth-order valence-electron chi connectivity index (χ4n) is 5.02. The Bertz CT molecular complexity index is 849. The number of rotatable bonds is 6. The summed E-state index contributed by atoms with van der Waals surface area (Å²) in [6.07, 6.45) is 5.23. The minimum atomic E-state index is -0.161. The lowest BCUT2D eigenvalue weighted by molar-refractivity contribution is -0.135. The van der Waals surface area contributed by atoms with E-state index >= 15 is 0 Å². The number of nitrogens with zero attached hydrogens (tertiary/aromatic N) is 6. The zero-order chi connectivity index (χ0) is 20.4. The zero-order valence-electron chi connectivity index (χ0n) is 17.4. The molecule has 0 bridgehead atoms. The van der Waals surface area contributed by atoms with Gasteiger partial charge < -0.3 is 9.64 Å². The molecular weight excluding hydrogens is 380 g/mol. The SMILES string of the molecule is O=C1N(CCN2CCOCC2)CCC12CCN(Cc1ccc(-n3cncn3)cc1)C2. The van der Waals surface area contributed by atoms with Crippen LogP contribution in [-0.2, 0) is 16.1 Å². The average Bonchev–Trinajstić information content (AvgIpc) is 3.52. The largest absolute Gasteiger partial charge is 0.379 e. The molecule has 0 saturated carbocycles. The zero-order valence-corrected chi connectivity index (χ0v) is 17.4. The third kappa shape index (κ3) is 3.99. The molecule has 1 spiro atoms. The van der Waals surface area contributed by atoms with Gasteiger partial charge in [0.05, 0.1) is 24.3 Å². The summed E-state index contributed by atoms with van der Waals surface area (Å²) in [6.45, 7) is 9.08. The number of carbonyl (C=O) groups is 1. The standard InChI is InChI=1S/C22H30N6O2/c29-21-22(6-8-27(21)10-9-25-11-13-30-14-12-25)5-7-26(16-22)15-19-1-3-20(4-2-19)28-18-23-17-24-28/h1-4,17-18H,5-16H2. The van der Waals surface area contributed by atoms with Crippen molar-refractivity contribution in [2.24, 2.45) is 5.41 Å². The summed E-state index contributed by atoms with van der Waals surface area (Å²) in [5.74, 6) is 0.375. The van der Waals surface area contributed by atoms with Gasteiger partial charge >= 0.3 is 0 Å². The van der Waals surface area contributed by atoms with Crippen molar-refractivity contribution >= 4 is 5.91 Å². The van der Waals surface area contributed by atoms with Crippen molar-refractivity contribution in [2.75, 3.05) is 59.0 Å². The fourth-order valence-corrected chi connectivity index (χ4v) is 5.02. The van der Waals surface area contributed by atoms with Crippen LogP contribution in [0.1, 0.15) is 18.4 Å². The van der Waals surface area contributed by atoms with Crippen molar-refractivity contribution in [3.8, 4) is 5.69 Å². The first-order chi connectivity index (χ1) is 14.7. The number of ether oxygens (including phenoxy) is 1. The van der Waals surface area contributed by atoms with Gasteiger partial charge in [-0.25, -0.2) is 9.67 Å². The van der Waals surface area contributed by atoms with Gasteiger partial charge in [0, 0.05) is 45.8 Å². The second kappa shape index (κ2) is 8.45. The molecule has 30 heavy (non-hydrogen) atoms. The number of likely N-dealkylation sites (tertiary alicyclic amines) is 2. The molecule has 5 rings (SSSR count). The van der Waals surface area contributed by atoms with Gasteiger partial charge in [0.25, 0.3) is 0 Å². The number of carbonyl (C=O) groups excluding carboxylic acids is 1. The predicted molar refractivity (Wildman–Crippen MR) is 112 cm³/mol. The first kappa shape index (κ1) is 19.7. The first-order valence-corrected chi connectivity index (χ1v) is 11.0. The molecule has 3 saturated heterocycles. The Morgan fingerprint density at radius 2 is 1.77 bits per heavy atom. The Morgan fingerprint density at radius 1 is 0.967 bits per heavy atom. The number of amides is 1. The topological polar surface area (TPSA) is 66.7 Å². The lowest BCUT2D eigenvalue weighted by Gasteiger charge is -2.29. The van der Waals surface area contributed by atoms with E-state index in [1.54, 1.807) is 17.3 Å². The lowest BCUT2D eigenvalue weighted by atomic mass is 9.85. The summed E-state index contributed by atoms with van der Waals surface area (Å²) in [5, 5.41) is 4.17. The van der Waals surface area contributed by atoms with Crippen molar-refractivity contribution in [3.63, 3.8) is 0 Å².